The number of pyridine rings is 1. The van der Waals surface area contributed by atoms with Crippen molar-refractivity contribution in [3.05, 3.63) is 48.3 Å². The Labute approximate surface area is 99.5 Å². The number of aromatic nitrogens is 1. The second-order valence-electron chi connectivity index (χ2n) is 3.52. The van der Waals surface area contributed by atoms with Gasteiger partial charge in [0.1, 0.15) is 23.9 Å². The molecule has 0 amide bonds. The highest BCUT2D eigenvalue weighted by atomic mass is 16.5. The van der Waals surface area contributed by atoms with Crippen LogP contribution in [0.2, 0.25) is 0 Å². The molecule has 0 spiro atoms. The Morgan fingerprint density at radius 3 is 2.53 bits per heavy atom. The molecular weight excluding hydrogens is 218 g/mol. The Balaban J connectivity index is 1.97. The molecular formula is C13H13NO3. The zero-order chi connectivity index (χ0) is 12.1. The molecule has 1 heterocycles. The Kier molecular flexibility index (Phi) is 3.45. The van der Waals surface area contributed by atoms with Gasteiger partial charge in [-0.2, -0.15) is 0 Å². The van der Waals surface area contributed by atoms with E-state index in [4.69, 9.17) is 9.47 Å². The quantitative estimate of drug-likeness (QED) is 0.877. The van der Waals surface area contributed by atoms with E-state index in [1.807, 2.05) is 24.3 Å². The van der Waals surface area contributed by atoms with Gasteiger partial charge < -0.3 is 14.6 Å². The van der Waals surface area contributed by atoms with Crippen molar-refractivity contribution in [2.75, 3.05) is 7.11 Å². The Morgan fingerprint density at radius 1 is 1.12 bits per heavy atom. The van der Waals surface area contributed by atoms with E-state index in [0.29, 0.717) is 12.4 Å². The van der Waals surface area contributed by atoms with Gasteiger partial charge >= 0.3 is 0 Å². The molecule has 4 nitrogen and oxygen atoms in total. The second kappa shape index (κ2) is 5.21. The zero-order valence-electron chi connectivity index (χ0n) is 9.46. The fourth-order valence-electron chi connectivity index (χ4n) is 1.37. The third-order valence-corrected chi connectivity index (χ3v) is 2.26. The van der Waals surface area contributed by atoms with E-state index in [2.05, 4.69) is 4.98 Å². The topological polar surface area (TPSA) is 51.6 Å². The van der Waals surface area contributed by atoms with E-state index in [1.54, 1.807) is 13.3 Å². The van der Waals surface area contributed by atoms with Crippen molar-refractivity contribution in [3.8, 4) is 17.2 Å². The fourth-order valence-corrected chi connectivity index (χ4v) is 1.37. The van der Waals surface area contributed by atoms with Crippen LogP contribution < -0.4 is 9.47 Å². The summed E-state index contributed by atoms with van der Waals surface area (Å²) in [5, 5.41) is 9.22. The van der Waals surface area contributed by atoms with Gasteiger partial charge in [-0.25, -0.2) is 0 Å². The van der Waals surface area contributed by atoms with Crippen LogP contribution in [-0.4, -0.2) is 17.2 Å². The Hall–Kier alpha value is -2.23. The third-order valence-electron chi connectivity index (χ3n) is 2.26. The van der Waals surface area contributed by atoms with Gasteiger partial charge in [-0.15, -0.1) is 0 Å². The lowest BCUT2D eigenvalue weighted by molar-refractivity contribution is 0.302. The lowest BCUT2D eigenvalue weighted by atomic mass is 10.2. The number of benzene rings is 1. The van der Waals surface area contributed by atoms with Crippen molar-refractivity contribution in [2.24, 2.45) is 0 Å². The monoisotopic (exact) mass is 231 g/mol. The SMILES string of the molecule is COc1ccc(COc2cncc(O)c2)cc1. The van der Waals surface area contributed by atoms with Crippen LogP contribution in [0.4, 0.5) is 0 Å². The van der Waals surface area contributed by atoms with Crippen LogP contribution >= 0.6 is 0 Å². The molecule has 0 aliphatic heterocycles. The number of nitrogens with zero attached hydrogens (tertiary/aromatic N) is 1. The summed E-state index contributed by atoms with van der Waals surface area (Å²) in [6, 6.07) is 9.12. The van der Waals surface area contributed by atoms with Crippen molar-refractivity contribution >= 4 is 0 Å². The molecule has 1 aromatic heterocycles. The minimum absolute atomic E-state index is 0.0947. The average molecular weight is 231 g/mol. The summed E-state index contributed by atoms with van der Waals surface area (Å²) in [7, 11) is 1.63. The summed E-state index contributed by atoms with van der Waals surface area (Å²) in [5.41, 5.74) is 1.02. The van der Waals surface area contributed by atoms with Gasteiger partial charge in [-0.3, -0.25) is 4.98 Å². The van der Waals surface area contributed by atoms with Gasteiger partial charge in [0, 0.05) is 6.07 Å². The van der Waals surface area contributed by atoms with Gasteiger partial charge in [0.25, 0.3) is 0 Å². The summed E-state index contributed by atoms with van der Waals surface area (Å²) in [5.74, 6) is 1.45. The van der Waals surface area contributed by atoms with Crippen molar-refractivity contribution in [1.82, 2.24) is 4.98 Å². The molecule has 0 saturated heterocycles. The maximum atomic E-state index is 9.22. The number of hydrogen-bond acceptors (Lipinski definition) is 4. The Morgan fingerprint density at radius 2 is 1.88 bits per heavy atom. The Bertz CT molecular complexity index is 482. The minimum Gasteiger partial charge on any atom is -0.506 e. The lowest BCUT2D eigenvalue weighted by Gasteiger charge is -2.06. The number of aromatic hydroxyl groups is 1. The van der Waals surface area contributed by atoms with Crippen LogP contribution in [0, 0.1) is 0 Å². The molecule has 17 heavy (non-hydrogen) atoms. The summed E-state index contributed by atoms with van der Waals surface area (Å²) in [4.78, 5) is 3.83. The summed E-state index contributed by atoms with van der Waals surface area (Å²) < 4.78 is 10.5. The normalized spacial score (nSPS) is 9.94. The van der Waals surface area contributed by atoms with Crippen molar-refractivity contribution in [2.45, 2.75) is 6.61 Å². The van der Waals surface area contributed by atoms with Crippen molar-refractivity contribution in [3.63, 3.8) is 0 Å². The first-order valence-electron chi connectivity index (χ1n) is 5.17. The largest absolute Gasteiger partial charge is 0.506 e. The van der Waals surface area contributed by atoms with E-state index in [9.17, 15) is 5.11 Å². The molecule has 2 aromatic rings. The molecule has 0 aliphatic rings. The number of ether oxygens (including phenoxy) is 2. The number of hydrogen-bond donors (Lipinski definition) is 1. The van der Waals surface area contributed by atoms with Gasteiger partial charge in [0.05, 0.1) is 19.5 Å². The van der Waals surface area contributed by atoms with E-state index >= 15 is 0 Å². The average Bonchev–Trinajstić information content (AvgIpc) is 2.37. The number of rotatable bonds is 4. The highest BCUT2D eigenvalue weighted by Crippen LogP contribution is 2.18. The van der Waals surface area contributed by atoms with E-state index in [0.717, 1.165) is 11.3 Å². The van der Waals surface area contributed by atoms with Crippen LogP contribution in [0.15, 0.2) is 42.7 Å². The van der Waals surface area contributed by atoms with Crippen molar-refractivity contribution in [1.29, 1.82) is 0 Å². The third kappa shape index (κ3) is 3.11. The van der Waals surface area contributed by atoms with E-state index in [1.165, 1.54) is 12.3 Å². The smallest absolute Gasteiger partial charge is 0.141 e. The highest BCUT2D eigenvalue weighted by molar-refractivity contribution is 5.29. The molecule has 88 valence electrons. The molecule has 0 bridgehead atoms. The molecule has 2 rings (SSSR count). The fraction of sp³-hybridized carbons (Fsp3) is 0.154. The minimum atomic E-state index is 0.0947. The molecule has 0 aliphatic carbocycles. The first kappa shape index (κ1) is 11.3. The maximum Gasteiger partial charge on any atom is 0.141 e. The molecule has 0 saturated carbocycles. The van der Waals surface area contributed by atoms with E-state index in [-0.39, 0.29) is 5.75 Å². The highest BCUT2D eigenvalue weighted by Gasteiger charge is 1.98. The van der Waals surface area contributed by atoms with Crippen LogP contribution in [0.1, 0.15) is 5.56 Å². The van der Waals surface area contributed by atoms with Crippen LogP contribution in [0.25, 0.3) is 0 Å². The molecule has 1 aromatic carbocycles. The first-order chi connectivity index (χ1) is 8.28. The van der Waals surface area contributed by atoms with Gasteiger partial charge in [-0.05, 0) is 17.7 Å². The van der Waals surface area contributed by atoms with Crippen LogP contribution in [0.3, 0.4) is 0 Å². The molecule has 0 fully saturated rings. The predicted octanol–water partition coefficient (Wildman–Crippen LogP) is 2.37. The van der Waals surface area contributed by atoms with Crippen LogP contribution in [0.5, 0.6) is 17.2 Å². The standard InChI is InChI=1S/C13H13NO3/c1-16-12-4-2-10(3-5-12)9-17-13-6-11(15)7-14-8-13/h2-8,15H,9H2,1H3. The first-order valence-corrected chi connectivity index (χ1v) is 5.17. The van der Waals surface area contributed by atoms with E-state index < -0.39 is 0 Å². The summed E-state index contributed by atoms with van der Waals surface area (Å²) >= 11 is 0. The summed E-state index contributed by atoms with van der Waals surface area (Å²) in [6.07, 6.45) is 2.92. The van der Waals surface area contributed by atoms with Gasteiger partial charge in [0.2, 0.25) is 0 Å². The lowest BCUT2D eigenvalue weighted by Crippen LogP contribution is -1.95. The molecule has 0 unspecified atom stereocenters. The second-order valence-corrected chi connectivity index (χ2v) is 3.52. The number of methoxy groups -OCH3 is 1. The molecule has 1 N–H and O–H groups in total. The summed E-state index contributed by atoms with van der Waals surface area (Å²) in [6.45, 7) is 0.426. The van der Waals surface area contributed by atoms with Crippen LogP contribution in [-0.2, 0) is 6.61 Å². The predicted molar refractivity (Wildman–Crippen MR) is 63.2 cm³/mol. The van der Waals surface area contributed by atoms with Gasteiger partial charge in [-0.1, -0.05) is 12.1 Å². The maximum absolute atomic E-state index is 9.22. The van der Waals surface area contributed by atoms with Crippen molar-refractivity contribution < 1.29 is 14.6 Å². The molecule has 0 atom stereocenters. The zero-order valence-corrected chi connectivity index (χ0v) is 9.46. The van der Waals surface area contributed by atoms with Gasteiger partial charge in [0.15, 0.2) is 0 Å². The molecule has 4 heteroatoms. The molecule has 0 radical (unpaired) electrons.